The third-order valence-corrected chi connectivity index (χ3v) is 4.91. The molecule has 2 heteroatoms. The molecule has 1 aromatic rings. The quantitative estimate of drug-likeness (QED) is 0.832. The van der Waals surface area contributed by atoms with E-state index >= 15 is 0 Å². The summed E-state index contributed by atoms with van der Waals surface area (Å²) in [6, 6.07) is 5.07. The van der Waals surface area contributed by atoms with Gasteiger partial charge in [0.1, 0.15) is 0 Å². The fraction of sp³-hybridized carbons (Fsp3) is 0.737. The summed E-state index contributed by atoms with van der Waals surface area (Å²) < 4.78 is 0. The normalized spacial score (nSPS) is 19.0. The molecule has 1 aliphatic rings. The van der Waals surface area contributed by atoms with Crippen molar-refractivity contribution >= 4 is 0 Å². The molecule has 1 heterocycles. The van der Waals surface area contributed by atoms with Crippen LogP contribution in [-0.4, -0.2) is 17.6 Å². The molecular formula is C19H32N2. The maximum absolute atomic E-state index is 4.67. The molecule has 0 aromatic carbocycles. The third-order valence-electron chi connectivity index (χ3n) is 4.91. The molecule has 1 unspecified atom stereocenters. The van der Waals surface area contributed by atoms with Crippen LogP contribution in [0.5, 0.6) is 0 Å². The minimum absolute atomic E-state index is 0.605. The van der Waals surface area contributed by atoms with Gasteiger partial charge in [0.15, 0.2) is 0 Å². The fourth-order valence-corrected chi connectivity index (χ4v) is 3.57. The Labute approximate surface area is 130 Å². The van der Waals surface area contributed by atoms with Crippen LogP contribution in [0.2, 0.25) is 0 Å². The summed E-state index contributed by atoms with van der Waals surface area (Å²) >= 11 is 0. The highest BCUT2D eigenvalue weighted by atomic mass is 14.9. The van der Waals surface area contributed by atoms with E-state index in [-0.39, 0.29) is 0 Å². The van der Waals surface area contributed by atoms with Crippen LogP contribution in [0, 0.1) is 5.92 Å². The van der Waals surface area contributed by atoms with Crippen LogP contribution < -0.4 is 5.32 Å². The van der Waals surface area contributed by atoms with E-state index in [2.05, 4.69) is 42.5 Å². The lowest BCUT2D eigenvalue weighted by molar-refractivity contribution is 0.285. The zero-order chi connectivity index (χ0) is 14.9. The summed E-state index contributed by atoms with van der Waals surface area (Å²) in [5, 5.41) is 3.74. The molecule has 1 aromatic heterocycles. The first-order valence-corrected chi connectivity index (χ1v) is 9.00. The summed E-state index contributed by atoms with van der Waals surface area (Å²) in [5.41, 5.74) is 2.59. The summed E-state index contributed by atoms with van der Waals surface area (Å²) in [7, 11) is 0. The molecule has 118 valence electrons. The zero-order valence-corrected chi connectivity index (χ0v) is 13.9. The molecule has 0 amide bonds. The van der Waals surface area contributed by atoms with Gasteiger partial charge in [-0.25, -0.2) is 0 Å². The van der Waals surface area contributed by atoms with Gasteiger partial charge in [0.25, 0.3) is 0 Å². The van der Waals surface area contributed by atoms with Crippen molar-refractivity contribution in [2.75, 3.05) is 6.54 Å². The predicted octanol–water partition coefficient (Wildman–Crippen LogP) is 4.53. The third kappa shape index (κ3) is 5.43. The number of likely N-dealkylation sites (N-methyl/N-ethyl adjacent to an activating group) is 1. The van der Waals surface area contributed by atoms with Gasteiger partial charge in [-0.2, -0.15) is 0 Å². The average Bonchev–Trinajstić information content (AvgIpc) is 2.47. The lowest BCUT2D eigenvalue weighted by Gasteiger charge is -2.29. The monoisotopic (exact) mass is 288 g/mol. The van der Waals surface area contributed by atoms with Crippen LogP contribution in [0.3, 0.4) is 0 Å². The van der Waals surface area contributed by atoms with Crippen LogP contribution in [0.15, 0.2) is 18.3 Å². The smallest absolute Gasteiger partial charge is 0.0419 e. The Morgan fingerprint density at radius 2 is 1.81 bits per heavy atom. The molecule has 0 bridgehead atoms. The minimum Gasteiger partial charge on any atom is -0.314 e. The summed E-state index contributed by atoms with van der Waals surface area (Å²) in [6.07, 6.45) is 14.1. The van der Waals surface area contributed by atoms with Crippen LogP contribution in [0.4, 0.5) is 0 Å². The Kier molecular flexibility index (Phi) is 7.21. The second-order valence-corrected chi connectivity index (χ2v) is 6.48. The first-order chi connectivity index (χ1) is 10.3. The number of aromatic nitrogens is 1. The van der Waals surface area contributed by atoms with Crippen molar-refractivity contribution in [2.45, 2.75) is 77.7 Å². The fourth-order valence-electron chi connectivity index (χ4n) is 3.57. The number of hydrogen-bond donors (Lipinski definition) is 1. The predicted molar refractivity (Wildman–Crippen MR) is 90.6 cm³/mol. The SMILES string of the molecule is CCNC(Cc1ccc(CC)cn1)C1CCCCCCC1. The van der Waals surface area contributed by atoms with Gasteiger partial charge in [-0.15, -0.1) is 0 Å². The van der Waals surface area contributed by atoms with Gasteiger partial charge in [-0.1, -0.05) is 52.0 Å². The van der Waals surface area contributed by atoms with Gasteiger partial charge in [0, 0.05) is 24.4 Å². The zero-order valence-electron chi connectivity index (χ0n) is 13.9. The maximum Gasteiger partial charge on any atom is 0.0419 e. The molecule has 2 nitrogen and oxygen atoms in total. The highest BCUT2D eigenvalue weighted by molar-refractivity contribution is 5.14. The summed E-state index contributed by atoms with van der Waals surface area (Å²) in [5.74, 6) is 0.831. The van der Waals surface area contributed by atoms with E-state index in [1.807, 2.05) is 0 Å². The van der Waals surface area contributed by atoms with Crippen molar-refractivity contribution in [3.8, 4) is 0 Å². The lowest BCUT2D eigenvalue weighted by Crippen LogP contribution is -2.38. The van der Waals surface area contributed by atoms with E-state index in [0.29, 0.717) is 6.04 Å². The van der Waals surface area contributed by atoms with Crippen molar-refractivity contribution in [1.29, 1.82) is 0 Å². The van der Waals surface area contributed by atoms with E-state index in [9.17, 15) is 0 Å². The Morgan fingerprint density at radius 1 is 1.10 bits per heavy atom. The van der Waals surface area contributed by atoms with Crippen LogP contribution >= 0.6 is 0 Å². The molecule has 0 spiro atoms. The Balaban J connectivity index is 1.98. The number of nitrogens with one attached hydrogen (secondary N) is 1. The molecule has 1 atom stereocenters. The molecule has 0 aliphatic heterocycles. The molecule has 0 radical (unpaired) electrons. The topological polar surface area (TPSA) is 24.9 Å². The Hall–Kier alpha value is -0.890. The molecule has 21 heavy (non-hydrogen) atoms. The molecule has 0 saturated heterocycles. The maximum atomic E-state index is 4.67. The van der Waals surface area contributed by atoms with E-state index in [1.54, 1.807) is 0 Å². The molecule has 1 N–H and O–H groups in total. The highest BCUT2D eigenvalue weighted by Gasteiger charge is 2.22. The first-order valence-electron chi connectivity index (χ1n) is 9.00. The first kappa shape index (κ1) is 16.5. The van der Waals surface area contributed by atoms with Crippen LogP contribution in [0.1, 0.15) is 70.1 Å². The van der Waals surface area contributed by atoms with Gasteiger partial charge in [-0.05, 0) is 43.4 Å². The van der Waals surface area contributed by atoms with Crippen molar-refractivity contribution in [2.24, 2.45) is 5.92 Å². The lowest BCUT2D eigenvalue weighted by atomic mass is 9.84. The molecule has 1 aliphatic carbocycles. The van der Waals surface area contributed by atoms with Gasteiger partial charge in [0.05, 0.1) is 0 Å². The van der Waals surface area contributed by atoms with Crippen LogP contribution in [0.25, 0.3) is 0 Å². The number of rotatable bonds is 6. The average molecular weight is 288 g/mol. The molecule has 2 rings (SSSR count). The number of aryl methyl sites for hydroxylation is 1. The van der Waals surface area contributed by atoms with Crippen molar-refractivity contribution < 1.29 is 0 Å². The summed E-state index contributed by atoms with van der Waals surface area (Å²) in [6.45, 7) is 5.48. The van der Waals surface area contributed by atoms with Crippen molar-refractivity contribution in [3.05, 3.63) is 29.6 Å². The molecule has 1 fully saturated rings. The number of pyridine rings is 1. The number of hydrogen-bond acceptors (Lipinski definition) is 2. The second kappa shape index (κ2) is 9.19. The Morgan fingerprint density at radius 3 is 2.38 bits per heavy atom. The van der Waals surface area contributed by atoms with Crippen molar-refractivity contribution in [1.82, 2.24) is 10.3 Å². The molecular weight excluding hydrogens is 256 g/mol. The highest BCUT2D eigenvalue weighted by Crippen LogP contribution is 2.26. The van der Waals surface area contributed by atoms with Gasteiger partial charge >= 0.3 is 0 Å². The van der Waals surface area contributed by atoms with Gasteiger partial charge < -0.3 is 5.32 Å². The minimum atomic E-state index is 0.605. The largest absolute Gasteiger partial charge is 0.314 e. The molecule has 1 saturated carbocycles. The number of nitrogens with zero attached hydrogens (tertiary/aromatic N) is 1. The van der Waals surface area contributed by atoms with E-state index in [0.717, 1.165) is 25.3 Å². The van der Waals surface area contributed by atoms with E-state index in [1.165, 1.54) is 56.2 Å². The van der Waals surface area contributed by atoms with Gasteiger partial charge in [0.2, 0.25) is 0 Å². The van der Waals surface area contributed by atoms with Gasteiger partial charge in [-0.3, -0.25) is 4.98 Å². The van der Waals surface area contributed by atoms with E-state index in [4.69, 9.17) is 0 Å². The van der Waals surface area contributed by atoms with E-state index < -0.39 is 0 Å². The van der Waals surface area contributed by atoms with Crippen LogP contribution in [-0.2, 0) is 12.8 Å². The standard InChI is InChI=1S/C19H32N2/c1-3-16-12-13-18(21-15-16)14-19(20-4-2)17-10-8-6-5-7-9-11-17/h12-13,15,17,19-20H,3-11,14H2,1-2H3. The second-order valence-electron chi connectivity index (χ2n) is 6.48. The summed E-state index contributed by atoms with van der Waals surface area (Å²) in [4.78, 5) is 4.67. The van der Waals surface area contributed by atoms with Crippen molar-refractivity contribution in [3.63, 3.8) is 0 Å². The Bertz CT molecular complexity index is 377.